The van der Waals surface area contributed by atoms with Gasteiger partial charge >= 0.3 is 4.87 Å². The topological polar surface area (TPSA) is 149 Å². The number of sulfonamides is 1. The van der Waals surface area contributed by atoms with E-state index >= 15 is 0 Å². The van der Waals surface area contributed by atoms with E-state index in [-0.39, 0.29) is 14.9 Å². The van der Waals surface area contributed by atoms with E-state index in [2.05, 4.69) is 5.32 Å². The maximum absolute atomic E-state index is 14.0. The average Bonchev–Trinajstić information content (AvgIpc) is 3.41. The fourth-order valence-electron chi connectivity index (χ4n) is 5.37. The van der Waals surface area contributed by atoms with Crippen molar-refractivity contribution in [1.82, 2.24) is 4.57 Å². The summed E-state index contributed by atoms with van der Waals surface area (Å²) < 4.78 is 24.4. The molecule has 2 aliphatic heterocycles. The van der Waals surface area contributed by atoms with Gasteiger partial charge in [-0.05, 0) is 55.0 Å². The molecule has 0 spiro atoms. The molecule has 3 aromatic carbocycles. The second kappa shape index (κ2) is 11.5. The Hall–Kier alpha value is -3.46. The Morgan fingerprint density at radius 3 is 2.32 bits per heavy atom. The van der Waals surface area contributed by atoms with Crippen LogP contribution in [0.5, 0.6) is 0 Å². The zero-order chi connectivity index (χ0) is 31.5. The van der Waals surface area contributed by atoms with Gasteiger partial charge in [0.15, 0.2) is 0 Å². The van der Waals surface area contributed by atoms with E-state index < -0.39 is 56.2 Å². The first-order chi connectivity index (χ1) is 20.8. The van der Waals surface area contributed by atoms with Gasteiger partial charge in [-0.25, -0.2) is 18.5 Å². The van der Waals surface area contributed by atoms with Crippen LogP contribution in [-0.4, -0.2) is 36.0 Å². The van der Waals surface area contributed by atoms with Crippen molar-refractivity contribution >= 4 is 85.4 Å². The number of hydrogen-bond acceptors (Lipinski definition) is 8. The molecule has 1 aromatic heterocycles. The predicted molar refractivity (Wildman–Crippen MR) is 170 cm³/mol. The van der Waals surface area contributed by atoms with Gasteiger partial charge < -0.3 is 5.32 Å². The number of hydrogen-bond donors (Lipinski definition) is 2. The molecule has 2 aliphatic rings. The third-order valence-corrected chi connectivity index (χ3v) is 11.8. The Kier molecular flexibility index (Phi) is 7.97. The van der Waals surface area contributed by atoms with Gasteiger partial charge in [-0.2, -0.15) is 0 Å². The number of amides is 3. The van der Waals surface area contributed by atoms with Gasteiger partial charge in [0.2, 0.25) is 27.7 Å². The molecule has 1 saturated heterocycles. The number of primary sulfonamides is 1. The molecule has 3 amide bonds. The van der Waals surface area contributed by atoms with E-state index in [0.717, 1.165) is 28.7 Å². The zero-order valence-corrected chi connectivity index (χ0v) is 26.7. The first-order valence-electron chi connectivity index (χ1n) is 13.1. The standard InChI is InChI=1S/C29H22Cl2N4O6S3/c1-14-5-9-16(10-6-14)35-26(37)22-21(18-3-2-4-19(30)23(18)31)25-28(42-24(22)27(35)38)34(29(39)43-25)13-20(36)33-15-7-11-17(12-8-15)44(32,40)41/h2-12,21-22,24H,13H2,1H3,(H,33,36)(H2,32,40,41)/t21-,22?,24?/m1/s1. The lowest BCUT2D eigenvalue weighted by Gasteiger charge is -2.31. The number of rotatable bonds is 6. The molecule has 44 heavy (non-hydrogen) atoms. The Morgan fingerprint density at radius 2 is 1.66 bits per heavy atom. The smallest absolute Gasteiger partial charge is 0.308 e. The summed E-state index contributed by atoms with van der Waals surface area (Å²) in [5, 5.41) is 7.72. The lowest BCUT2D eigenvalue weighted by Crippen LogP contribution is -2.33. The van der Waals surface area contributed by atoms with Gasteiger partial charge in [-0.15, -0.1) is 0 Å². The monoisotopic (exact) mass is 688 g/mol. The van der Waals surface area contributed by atoms with Crippen LogP contribution < -0.4 is 20.2 Å². The van der Waals surface area contributed by atoms with E-state index in [9.17, 15) is 27.6 Å². The summed E-state index contributed by atoms with van der Waals surface area (Å²) in [6, 6.07) is 17.3. The van der Waals surface area contributed by atoms with Gasteiger partial charge in [-0.1, -0.05) is 76.1 Å². The van der Waals surface area contributed by atoms with Crippen molar-refractivity contribution in [3.63, 3.8) is 0 Å². The molecule has 4 aromatic rings. The third kappa shape index (κ3) is 5.37. The van der Waals surface area contributed by atoms with Crippen LogP contribution >= 0.6 is 46.3 Å². The number of halogens is 2. The molecule has 3 N–H and O–H groups in total. The molecular formula is C29H22Cl2N4O6S3. The molecular weight excluding hydrogens is 667 g/mol. The Morgan fingerprint density at radius 1 is 0.977 bits per heavy atom. The normalized spacial score (nSPS) is 19.5. The molecule has 3 heterocycles. The number of thioether (sulfide) groups is 1. The number of thiazole rings is 1. The summed E-state index contributed by atoms with van der Waals surface area (Å²) in [6.45, 7) is 1.50. The van der Waals surface area contributed by atoms with Crippen LogP contribution in [0.1, 0.15) is 21.9 Å². The molecule has 6 rings (SSSR count). The van der Waals surface area contributed by atoms with Crippen molar-refractivity contribution in [2.45, 2.75) is 34.6 Å². The van der Waals surface area contributed by atoms with E-state index in [4.69, 9.17) is 28.3 Å². The number of aromatic nitrogens is 1. The van der Waals surface area contributed by atoms with Gasteiger partial charge in [0.1, 0.15) is 11.8 Å². The van der Waals surface area contributed by atoms with Crippen LogP contribution in [0.4, 0.5) is 11.4 Å². The molecule has 2 unspecified atom stereocenters. The highest BCUT2D eigenvalue weighted by atomic mass is 35.5. The predicted octanol–water partition coefficient (Wildman–Crippen LogP) is 4.61. The van der Waals surface area contributed by atoms with Crippen molar-refractivity contribution in [2.24, 2.45) is 11.1 Å². The molecule has 3 atom stereocenters. The number of nitrogens with one attached hydrogen (secondary N) is 1. The van der Waals surface area contributed by atoms with Crippen LogP contribution in [0.25, 0.3) is 0 Å². The van der Waals surface area contributed by atoms with Crippen LogP contribution in [0, 0.1) is 12.8 Å². The maximum atomic E-state index is 14.0. The Balaban J connectivity index is 1.39. The van der Waals surface area contributed by atoms with Gasteiger partial charge in [0, 0.05) is 16.5 Å². The lowest BCUT2D eigenvalue weighted by atomic mass is 9.83. The van der Waals surface area contributed by atoms with E-state index in [1.807, 2.05) is 19.1 Å². The number of imide groups is 1. The van der Waals surface area contributed by atoms with Crippen LogP contribution in [-0.2, 0) is 31.0 Å². The highest BCUT2D eigenvalue weighted by Crippen LogP contribution is 2.55. The van der Waals surface area contributed by atoms with Gasteiger partial charge in [0.25, 0.3) is 0 Å². The number of fused-ring (bicyclic) bond motifs is 2. The van der Waals surface area contributed by atoms with E-state index in [0.29, 0.717) is 26.8 Å². The summed E-state index contributed by atoms with van der Waals surface area (Å²) in [7, 11) is -3.91. The summed E-state index contributed by atoms with van der Waals surface area (Å²) in [4.78, 5) is 55.4. The minimum absolute atomic E-state index is 0.120. The molecule has 10 nitrogen and oxygen atoms in total. The summed E-state index contributed by atoms with van der Waals surface area (Å²) >= 11 is 15.0. The van der Waals surface area contributed by atoms with Crippen molar-refractivity contribution in [1.29, 1.82) is 0 Å². The SMILES string of the molecule is Cc1ccc(N2C(=O)C3Sc4c(sc(=O)n4CC(=O)Nc4ccc(S(N)(=O)=O)cc4)[C@H](c4cccc(Cl)c4Cl)C3C2=O)cc1. The Labute approximate surface area is 269 Å². The molecule has 0 aliphatic carbocycles. The van der Waals surface area contributed by atoms with Crippen molar-refractivity contribution < 1.29 is 22.8 Å². The molecule has 1 fully saturated rings. The fraction of sp³-hybridized carbons (Fsp3) is 0.172. The summed E-state index contributed by atoms with van der Waals surface area (Å²) in [6.07, 6.45) is 0. The molecule has 226 valence electrons. The quantitative estimate of drug-likeness (QED) is 0.281. The summed E-state index contributed by atoms with van der Waals surface area (Å²) in [5.41, 5.74) is 2.19. The lowest BCUT2D eigenvalue weighted by molar-refractivity contribution is -0.122. The molecule has 0 saturated carbocycles. The number of carbonyl (C=O) groups excluding carboxylic acids is 3. The number of carbonyl (C=O) groups is 3. The van der Waals surface area contributed by atoms with Crippen molar-refractivity contribution in [3.8, 4) is 0 Å². The second-order valence-electron chi connectivity index (χ2n) is 10.3. The highest BCUT2D eigenvalue weighted by molar-refractivity contribution is 8.00. The highest BCUT2D eigenvalue weighted by Gasteiger charge is 2.57. The number of aryl methyl sites for hydroxylation is 1. The molecule has 0 radical (unpaired) electrons. The fourth-order valence-corrected chi connectivity index (χ4v) is 9.08. The van der Waals surface area contributed by atoms with Crippen LogP contribution in [0.15, 0.2) is 81.4 Å². The van der Waals surface area contributed by atoms with Crippen LogP contribution in [0.2, 0.25) is 10.0 Å². The number of nitrogens with two attached hydrogens (primary N) is 1. The van der Waals surface area contributed by atoms with Crippen molar-refractivity contribution in [2.75, 3.05) is 10.2 Å². The Bertz CT molecular complexity index is 2010. The maximum Gasteiger partial charge on any atom is 0.308 e. The third-order valence-electron chi connectivity index (χ3n) is 7.43. The van der Waals surface area contributed by atoms with Crippen molar-refractivity contribution in [3.05, 3.63) is 102 Å². The first kappa shape index (κ1) is 30.6. The zero-order valence-electron chi connectivity index (χ0n) is 22.7. The number of nitrogens with zero attached hydrogens (tertiary/aromatic N) is 2. The first-order valence-corrected chi connectivity index (χ1v) is 17.1. The number of benzene rings is 3. The average molecular weight is 690 g/mol. The van der Waals surface area contributed by atoms with E-state index in [1.165, 1.54) is 33.7 Å². The minimum atomic E-state index is -3.91. The van der Waals surface area contributed by atoms with E-state index in [1.54, 1.807) is 30.3 Å². The largest absolute Gasteiger partial charge is 0.325 e. The molecule has 0 bridgehead atoms. The van der Waals surface area contributed by atoms with Gasteiger partial charge in [0.05, 0.1) is 31.6 Å². The second-order valence-corrected chi connectivity index (χ2v) is 14.7. The molecule has 15 heteroatoms. The minimum Gasteiger partial charge on any atom is -0.325 e. The number of anilines is 2. The van der Waals surface area contributed by atoms with Crippen LogP contribution in [0.3, 0.4) is 0 Å². The van der Waals surface area contributed by atoms with Gasteiger partial charge in [-0.3, -0.25) is 23.7 Å². The summed E-state index contributed by atoms with van der Waals surface area (Å²) in [5.74, 6) is -3.08.